The largest absolute Gasteiger partial charge is 0.447 e. The summed E-state index contributed by atoms with van der Waals surface area (Å²) in [6.45, 7) is 0. The van der Waals surface area contributed by atoms with E-state index >= 15 is 0 Å². The molecule has 0 unspecified atom stereocenters. The standard InChI is InChI=1S/C12H13ClN2O3S2/c1-15(2)20(16,17)11-6-5-9(18-11)8-19-12-10(13)4-3-7-14-12/h3-7H,8H2,1-2H3. The number of aromatic nitrogens is 1. The van der Waals surface area contributed by atoms with Gasteiger partial charge in [-0.3, -0.25) is 0 Å². The van der Waals surface area contributed by atoms with Gasteiger partial charge in [-0.25, -0.2) is 17.7 Å². The molecule has 2 aromatic heterocycles. The topological polar surface area (TPSA) is 63.4 Å². The van der Waals surface area contributed by atoms with E-state index in [4.69, 9.17) is 16.0 Å². The first-order valence-electron chi connectivity index (χ1n) is 5.66. The van der Waals surface area contributed by atoms with Gasteiger partial charge < -0.3 is 4.42 Å². The van der Waals surface area contributed by atoms with Crippen molar-refractivity contribution in [2.45, 2.75) is 15.9 Å². The van der Waals surface area contributed by atoms with Crippen molar-refractivity contribution in [3.63, 3.8) is 0 Å². The van der Waals surface area contributed by atoms with Crippen molar-refractivity contribution in [3.8, 4) is 0 Å². The first kappa shape index (κ1) is 15.4. The third-order valence-corrected chi connectivity index (χ3v) is 5.58. The summed E-state index contributed by atoms with van der Waals surface area (Å²) >= 11 is 7.38. The van der Waals surface area contributed by atoms with Crippen LogP contribution in [0.25, 0.3) is 0 Å². The van der Waals surface area contributed by atoms with Gasteiger partial charge in [0, 0.05) is 20.3 Å². The molecule has 0 fully saturated rings. The number of halogens is 1. The molecule has 8 heteroatoms. The summed E-state index contributed by atoms with van der Waals surface area (Å²) < 4.78 is 30.2. The quantitative estimate of drug-likeness (QED) is 0.788. The summed E-state index contributed by atoms with van der Waals surface area (Å²) in [6, 6.07) is 6.59. The van der Waals surface area contributed by atoms with Gasteiger partial charge in [-0.2, -0.15) is 0 Å². The molecular formula is C12H13ClN2O3S2. The molecule has 0 amide bonds. The molecule has 0 saturated carbocycles. The fraction of sp³-hybridized carbons (Fsp3) is 0.250. The Bertz CT molecular complexity index is 698. The number of rotatable bonds is 5. The van der Waals surface area contributed by atoms with Crippen molar-refractivity contribution in [1.29, 1.82) is 0 Å². The molecule has 0 aliphatic carbocycles. The van der Waals surface area contributed by atoms with Gasteiger partial charge in [0.15, 0.2) is 0 Å². The van der Waals surface area contributed by atoms with E-state index in [1.165, 1.54) is 31.9 Å². The van der Waals surface area contributed by atoms with E-state index in [1.807, 2.05) is 0 Å². The predicted octanol–water partition coefficient (Wildman–Crippen LogP) is 2.87. The second kappa shape index (κ2) is 6.17. The number of sulfonamides is 1. The van der Waals surface area contributed by atoms with Gasteiger partial charge in [-0.05, 0) is 24.3 Å². The lowest BCUT2D eigenvalue weighted by atomic mass is 10.5. The maximum atomic E-state index is 11.9. The van der Waals surface area contributed by atoms with E-state index < -0.39 is 10.0 Å². The van der Waals surface area contributed by atoms with Crippen molar-refractivity contribution in [1.82, 2.24) is 9.29 Å². The molecular weight excluding hydrogens is 320 g/mol. The molecule has 0 atom stereocenters. The first-order chi connectivity index (χ1) is 9.41. The lowest BCUT2D eigenvalue weighted by Crippen LogP contribution is -2.21. The van der Waals surface area contributed by atoms with Crippen molar-refractivity contribution < 1.29 is 12.8 Å². The minimum absolute atomic E-state index is 0.0646. The van der Waals surface area contributed by atoms with Crippen LogP contribution in [0.4, 0.5) is 0 Å². The minimum Gasteiger partial charge on any atom is -0.447 e. The number of hydrogen-bond acceptors (Lipinski definition) is 5. The van der Waals surface area contributed by atoms with Gasteiger partial charge in [0.1, 0.15) is 10.8 Å². The molecule has 108 valence electrons. The number of thioether (sulfide) groups is 1. The predicted molar refractivity (Wildman–Crippen MR) is 78.4 cm³/mol. The first-order valence-corrected chi connectivity index (χ1v) is 8.46. The Morgan fingerprint density at radius 3 is 2.75 bits per heavy atom. The summed E-state index contributed by atoms with van der Waals surface area (Å²) in [5, 5.41) is 1.18. The summed E-state index contributed by atoms with van der Waals surface area (Å²) in [7, 11) is -0.615. The second-order valence-corrected chi connectivity index (χ2v) is 7.54. The highest BCUT2D eigenvalue weighted by Crippen LogP contribution is 2.28. The van der Waals surface area contributed by atoms with Crippen molar-refractivity contribution in [2.24, 2.45) is 0 Å². The number of furan rings is 1. The van der Waals surface area contributed by atoms with E-state index in [-0.39, 0.29) is 5.09 Å². The average Bonchev–Trinajstić information content (AvgIpc) is 2.87. The summed E-state index contributed by atoms with van der Waals surface area (Å²) in [4.78, 5) is 4.14. The minimum atomic E-state index is -3.53. The average molecular weight is 333 g/mol. The molecule has 0 aliphatic heterocycles. The summed E-state index contributed by atoms with van der Waals surface area (Å²) in [5.74, 6) is 1.01. The molecule has 0 aliphatic rings. The van der Waals surface area contributed by atoms with Crippen molar-refractivity contribution in [3.05, 3.63) is 41.2 Å². The molecule has 5 nitrogen and oxygen atoms in total. The van der Waals surface area contributed by atoms with Crippen LogP contribution in [0.3, 0.4) is 0 Å². The third kappa shape index (κ3) is 3.35. The van der Waals surface area contributed by atoms with Crippen LogP contribution in [0.5, 0.6) is 0 Å². The highest BCUT2D eigenvalue weighted by molar-refractivity contribution is 7.98. The lowest BCUT2D eigenvalue weighted by Gasteiger charge is -2.07. The monoisotopic (exact) mass is 332 g/mol. The van der Waals surface area contributed by atoms with Gasteiger partial charge in [0.25, 0.3) is 10.0 Å². The Labute approximate surface area is 127 Å². The molecule has 2 rings (SSSR count). The fourth-order valence-corrected chi connectivity index (χ4v) is 3.24. The highest BCUT2D eigenvalue weighted by Gasteiger charge is 2.21. The van der Waals surface area contributed by atoms with Crippen LogP contribution in [0.15, 0.2) is 45.0 Å². The number of hydrogen-bond donors (Lipinski definition) is 0. The zero-order valence-electron chi connectivity index (χ0n) is 10.9. The molecule has 20 heavy (non-hydrogen) atoms. The van der Waals surface area contributed by atoms with Crippen LogP contribution >= 0.6 is 23.4 Å². The molecule has 2 heterocycles. The Kier molecular flexibility index (Phi) is 4.74. The van der Waals surface area contributed by atoms with Gasteiger partial charge in [-0.1, -0.05) is 23.4 Å². The van der Waals surface area contributed by atoms with Crippen LogP contribution in [0, 0.1) is 0 Å². The maximum Gasteiger partial charge on any atom is 0.275 e. The summed E-state index contributed by atoms with van der Waals surface area (Å²) in [6.07, 6.45) is 1.65. The van der Waals surface area contributed by atoms with Gasteiger partial charge in [-0.15, -0.1) is 0 Å². The Morgan fingerprint density at radius 2 is 2.10 bits per heavy atom. The normalized spacial score (nSPS) is 12.0. The van der Waals surface area contributed by atoms with Crippen molar-refractivity contribution in [2.75, 3.05) is 14.1 Å². The van der Waals surface area contributed by atoms with E-state index in [2.05, 4.69) is 4.98 Å². The smallest absolute Gasteiger partial charge is 0.275 e. The van der Waals surface area contributed by atoms with Crippen LogP contribution < -0.4 is 0 Å². The molecule has 0 bridgehead atoms. The van der Waals surface area contributed by atoms with Gasteiger partial charge >= 0.3 is 0 Å². The molecule has 0 spiro atoms. The Balaban J connectivity index is 2.10. The maximum absolute atomic E-state index is 11.9. The summed E-state index contributed by atoms with van der Waals surface area (Å²) in [5.41, 5.74) is 0. The third-order valence-electron chi connectivity index (χ3n) is 2.45. The molecule has 2 aromatic rings. The van der Waals surface area contributed by atoms with E-state index in [9.17, 15) is 8.42 Å². The van der Waals surface area contributed by atoms with E-state index in [0.29, 0.717) is 21.6 Å². The zero-order valence-corrected chi connectivity index (χ0v) is 13.3. The van der Waals surface area contributed by atoms with Crippen LogP contribution in [0.2, 0.25) is 5.02 Å². The van der Waals surface area contributed by atoms with E-state index in [1.54, 1.807) is 24.4 Å². The Hall–Kier alpha value is -1.02. The van der Waals surface area contributed by atoms with Crippen LogP contribution in [0.1, 0.15) is 5.76 Å². The lowest BCUT2D eigenvalue weighted by molar-refractivity contribution is 0.408. The number of pyridine rings is 1. The zero-order chi connectivity index (χ0) is 14.8. The van der Waals surface area contributed by atoms with Crippen LogP contribution in [-0.4, -0.2) is 31.8 Å². The van der Waals surface area contributed by atoms with Crippen molar-refractivity contribution >= 4 is 33.4 Å². The molecule has 0 N–H and O–H groups in total. The molecule has 0 saturated heterocycles. The highest BCUT2D eigenvalue weighted by atomic mass is 35.5. The van der Waals surface area contributed by atoms with Crippen LogP contribution in [-0.2, 0) is 15.8 Å². The molecule has 0 aromatic carbocycles. The Morgan fingerprint density at radius 1 is 1.35 bits per heavy atom. The second-order valence-electron chi connectivity index (χ2n) is 4.09. The van der Waals surface area contributed by atoms with E-state index in [0.717, 1.165) is 4.31 Å². The van der Waals surface area contributed by atoms with Gasteiger partial charge in [0.05, 0.1) is 10.8 Å². The number of nitrogens with zero attached hydrogens (tertiary/aromatic N) is 2. The van der Waals surface area contributed by atoms with Gasteiger partial charge in [0.2, 0.25) is 5.09 Å². The fourth-order valence-electron chi connectivity index (χ4n) is 1.37. The molecule has 0 radical (unpaired) electrons. The SMILES string of the molecule is CN(C)S(=O)(=O)c1ccc(CSc2ncccc2Cl)o1.